The summed E-state index contributed by atoms with van der Waals surface area (Å²) in [5.41, 5.74) is 3.45. The zero-order chi connectivity index (χ0) is 18.4. The normalized spacial score (nSPS) is 14.2. The minimum Gasteiger partial charge on any atom is -0.378 e. The van der Waals surface area contributed by atoms with Crippen LogP contribution < -0.4 is 15.1 Å². The van der Waals surface area contributed by atoms with Crippen molar-refractivity contribution in [3.63, 3.8) is 0 Å². The van der Waals surface area contributed by atoms with Gasteiger partial charge in [-0.2, -0.15) is 0 Å². The van der Waals surface area contributed by atoms with Crippen molar-refractivity contribution in [2.24, 2.45) is 0 Å². The molecule has 3 rings (SSSR count). The fraction of sp³-hybridized carbons (Fsp3) is 0.400. The first-order valence-electron chi connectivity index (χ1n) is 9.15. The predicted molar refractivity (Wildman–Crippen MR) is 105 cm³/mol. The van der Waals surface area contributed by atoms with E-state index in [0.717, 1.165) is 43.2 Å². The Morgan fingerprint density at radius 3 is 2.50 bits per heavy atom. The number of rotatable bonds is 6. The molecule has 0 bridgehead atoms. The number of benzene rings is 1. The highest BCUT2D eigenvalue weighted by atomic mass is 16.5. The molecule has 1 aromatic heterocycles. The van der Waals surface area contributed by atoms with E-state index in [2.05, 4.69) is 33.9 Å². The number of nitrogens with one attached hydrogen (secondary N) is 1. The highest BCUT2D eigenvalue weighted by Crippen LogP contribution is 2.20. The van der Waals surface area contributed by atoms with Crippen LogP contribution in [0.15, 0.2) is 42.7 Å². The molecule has 6 heteroatoms. The summed E-state index contributed by atoms with van der Waals surface area (Å²) in [6.07, 6.45) is 3.39. The van der Waals surface area contributed by atoms with E-state index >= 15 is 0 Å². The molecule has 0 radical (unpaired) electrons. The van der Waals surface area contributed by atoms with Crippen LogP contribution in [-0.2, 0) is 4.74 Å². The molecule has 1 N–H and O–H groups in total. The molecule has 0 aliphatic carbocycles. The quantitative estimate of drug-likeness (QED) is 0.864. The lowest BCUT2D eigenvalue weighted by Gasteiger charge is -2.28. The second-order valence-electron chi connectivity index (χ2n) is 6.20. The molecule has 0 saturated carbocycles. The highest BCUT2D eigenvalue weighted by molar-refractivity contribution is 6.04. The van der Waals surface area contributed by atoms with Crippen molar-refractivity contribution in [3.05, 3.63) is 48.3 Å². The third-order valence-corrected chi connectivity index (χ3v) is 4.62. The lowest BCUT2D eigenvalue weighted by Crippen LogP contribution is -2.36. The number of amides is 1. The number of nitrogens with zero attached hydrogens (tertiary/aromatic N) is 3. The van der Waals surface area contributed by atoms with Gasteiger partial charge in [0, 0.05) is 43.8 Å². The molecule has 1 fully saturated rings. The molecule has 1 aromatic carbocycles. The number of carbonyl (C=O) groups is 1. The average Bonchev–Trinajstić information content (AvgIpc) is 2.71. The van der Waals surface area contributed by atoms with Crippen LogP contribution in [0.1, 0.15) is 24.2 Å². The Balaban J connectivity index is 1.68. The maximum atomic E-state index is 12.6. The summed E-state index contributed by atoms with van der Waals surface area (Å²) >= 11 is 0. The van der Waals surface area contributed by atoms with Gasteiger partial charge in [-0.3, -0.25) is 9.78 Å². The zero-order valence-corrected chi connectivity index (χ0v) is 15.4. The topological polar surface area (TPSA) is 57.7 Å². The Labute approximate surface area is 154 Å². The molecular weight excluding hydrogens is 328 g/mol. The van der Waals surface area contributed by atoms with Gasteiger partial charge < -0.3 is 19.9 Å². The van der Waals surface area contributed by atoms with E-state index in [1.54, 1.807) is 12.4 Å². The van der Waals surface area contributed by atoms with Crippen molar-refractivity contribution in [1.29, 1.82) is 0 Å². The van der Waals surface area contributed by atoms with E-state index in [9.17, 15) is 4.79 Å². The Kier molecular flexibility index (Phi) is 6.07. The third kappa shape index (κ3) is 4.32. The molecule has 2 aromatic rings. The van der Waals surface area contributed by atoms with Gasteiger partial charge in [-0.15, -0.1) is 0 Å². The second-order valence-corrected chi connectivity index (χ2v) is 6.20. The molecule has 1 aliphatic heterocycles. The highest BCUT2D eigenvalue weighted by Gasteiger charge is 2.14. The Morgan fingerprint density at radius 1 is 1.15 bits per heavy atom. The molecule has 1 saturated heterocycles. The van der Waals surface area contributed by atoms with Gasteiger partial charge in [-0.1, -0.05) is 0 Å². The number of carbonyl (C=O) groups excluding carboxylic acids is 1. The van der Waals surface area contributed by atoms with Crippen LogP contribution in [0.3, 0.4) is 0 Å². The Bertz CT molecular complexity index is 723. The first kappa shape index (κ1) is 18.2. The third-order valence-electron chi connectivity index (χ3n) is 4.62. The Hall–Kier alpha value is -2.60. The number of morpholine rings is 1. The van der Waals surface area contributed by atoms with E-state index in [4.69, 9.17) is 4.74 Å². The lowest BCUT2D eigenvalue weighted by molar-refractivity contribution is 0.102. The number of aromatic nitrogens is 1. The first-order chi connectivity index (χ1) is 12.7. The summed E-state index contributed by atoms with van der Waals surface area (Å²) in [7, 11) is 0. The fourth-order valence-corrected chi connectivity index (χ4v) is 3.09. The summed E-state index contributed by atoms with van der Waals surface area (Å²) in [6, 6.07) is 9.82. The number of hydrogen-bond acceptors (Lipinski definition) is 5. The van der Waals surface area contributed by atoms with Crippen LogP contribution in [0.25, 0.3) is 0 Å². The van der Waals surface area contributed by atoms with Gasteiger partial charge in [-0.05, 0) is 44.2 Å². The minimum atomic E-state index is -0.150. The maximum absolute atomic E-state index is 12.6. The molecule has 6 nitrogen and oxygen atoms in total. The van der Waals surface area contributed by atoms with E-state index in [1.807, 2.05) is 30.3 Å². The predicted octanol–water partition coefficient (Wildman–Crippen LogP) is 3.02. The van der Waals surface area contributed by atoms with Crippen molar-refractivity contribution in [1.82, 2.24) is 4.98 Å². The van der Waals surface area contributed by atoms with E-state index in [1.165, 1.54) is 0 Å². The number of pyridine rings is 1. The number of ether oxygens (including phenoxy) is 1. The molecular formula is C20H26N4O2. The van der Waals surface area contributed by atoms with Gasteiger partial charge in [-0.25, -0.2) is 0 Å². The smallest absolute Gasteiger partial charge is 0.257 e. The van der Waals surface area contributed by atoms with Crippen LogP contribution in [0.2, 0.25) is 0 Å². The van der Waals surface area contributed by atoms with E-state index in [0.29, 0.717) is 18.8 Å². The summed E-state index contributed by atoms with van der Waals surface area (Å²) in [6.45, 7) is 9.23. The van der Waals surface area contributed by atoms with Crippen molar-refractivity contribution in [2.75, 3.05) is 54.5 Å². The van der Waals surface area contributed by atoms with Crippen LogP contribution in [0, 0.1) is 0 Å². The molecule has 138 valence electrons. The largest absolute Gasteiger partial charge is 0.378 e. The van der Waals surface area contributed by atoms with E-state index < -0.39 is 0 Å². The van der Waals surface area contributed by atoms with Crippen molar-refractivity contribution < 1.29 is 9.53 Å². The Morgan fingerprint density at radius 2 is 1.85 bits per heavy atom. The summed E-state index contributed by atoms with van der Waals surface area (Å²) in [4.78, 5) is 21.3. The van der Waals surface area contributed by atoms with Crippen LogP contribution in [-0.4, -0.2) is 50.3 Å². The monoisotopic (exact) mass is 354 g/mol. The molecule has 0 unspecified atom stereocenters. The molecule has 1 aliphatic rings. The maximum Gasteiger partial charge on any atom is 0.257 e. The van der Waals surface area contributed by atoms with Gasteiger partial charge in [0.2, 0.25) is 0 Å². The van der Waals surface area contributed by atoms with Gasteiger partial charge in [0.05, 0.1) is 30.7 Å². The summed E-state index contributed by atoms with van der Waals surface area (Å²) in [5.74, 6) is -0.150. The molecule has 26 heavy (non-hydrogen) atoms. The van der Waals surface area contributed by atoms with Crippen molar-refractivity contribution in [2.45, 2.75) is 13.8 Å². The van der Waals surface area contributed by atoms with Crippen LogP contribution in [0.5, 0.6) is 0 Å². The SMILES string of the molecule is CCN(CC)c1ccc(NC(=O)c2cncc(N3CCOCC3)c2)cc1. The summed E-state index contributed by atoms with van der Waals surface area (Å²) < 4.78 is 5.38. The van der Waals surface area contributed by atoms with Gasteiger partial charge >= 0.3 is 0 Å². The number of hydrogen-bond donors (Lipinski definition) is 1. The fourth-order valence-electron chi connectivity index (χ4n) is 3.09. The standard InChI is InChI=1S/C20H26N4O2/c1-3-23(4-2)18-7-5-17(6-8-18)22-20(25)16-13-19(15-21-14-16)24-9-11-26-12-10-24/h5-8,13-15H,3-4,9-12H2,1-2H3,(H,22,25). The van der Waals surface area contributed by atoms with Crippen LogP contribution >= 0.6 is 0 Å². The molecule has 0 spiro atoms. The average molecular weight is 354 g/mol. The van der Waals surface area contributed by atoms with Crippen molar-refractivity contribution >= 4 is 23.0 Å². The minimum absolute atomic E-state index is 0.150. The lowest BCUT2D eigenvalue weighted by atomic mass is 10.2. The molecule has 1 amide bonds. The molecule has 0 atom stereocenters. The van der Waals surface area contributed by atoms with Gasteiger partial charge in [0.25, 0.3) is 5.91 Å². The van der Waals surface area contributed by atoms with E-state index in [-0.39, 0.29) is 5.91 Å². The second kappa shape index (κ2) is 8.67. The number of anilines is 3. The zero-order valence-electron chi connectivity index (χ0n) is 15.4. The summed E-state index contributed by atoms with van der Waals surface area (Å²) in [5, 5.41) is 2.95. The molecule has 2 heterocycles. The van der Waals surface area contributed by atoms with Gasteiger partial charge in [0.1, 0.15) is 0 Å². The van der Waals surface area contributed by atoms with Gasteiger partial charge in [0.15, 0.2) is 0 Å². The first-order valence-corrected chi connectivity index (χ1v) is 9.15. The van der Waals surface area contributed by atoms with Crippen molar-refractivity contribution in [3.8, 4) is 0 Å². The van der Waals surface area contributed by atoms with Crippen LogP contribution in [0.4, 0.5) is 17.1 Å².